The lowest BCUT2D eigenvalue weighted by Gasteiger charge is -2.08. The predicted octanol–water partition coefficient (Wildman–Crippen LogP) is 3.09. The summed E-state index contributed by atoms with van der Waals surface area (Å²) in [6.45, 7) is 3.78. The molecule has 7 nitrogen and oxygen atoms in total. The molecular weight excluding hydrogens is 344 g/mol. The summed E-state index contributed by atoms with van der Waals surface area (Å²) in [6.07, 6.45) is 6.34. The summed E-state index contributed by atoms with van der Waals surface area (Å²) in [4.78, 5) is 16.6. The molecule has 2 aromatic rings. The van der Waals surface area contributed by atoms with Crippen molar-refractivity contribution < 1.29 is 14.6 Å². The zero-order chi connectivity index (χ0) is 19.6. The third kappa shape index (κ3) is 5.86. The van der Waals surface area contributed by atoms with Crippen molar-refractivity contribution >= 4 is 24.0 Å². The molecule has 2 rings (SSSR count). The van der Waals surface area contributed by atoms with Gasteiger partial charge in [-0.05, 0) is 48.0 Å². The Labute approximate surface area is 157 Å². The Bertz CT molecular complexity index is 917. The van der Waals surface area contributed by atoms with Gasteiger partial charge in [0.25, 0.3) is 5.91 Å². The van der Waals surface area contributed by atoms with E-state index < -0.39 is 0 Å². The molecule has 0 heterocycles. The van der Waals surface area contributed by atoms with Gasteiger partial charge in [0, 0.05) is 23.7 Å². The summed E-state index contributed by atoms with van der Waals surface area (Å²) in [5, 5.41) is 15.9. The largest absolute Gasteiger partial charge is 0.504 e. The fourth-order valence-electron chi connectivity index (χ4n) is 2.14. The summed E-state index contributed by atoms with van der Waals surface area (Å²) in [7, 11) is 1.44. The van der Waals surface area contributed by atoms with E-state index in [1.807, 2.05) is 6.07 Å². The van der Waals surface area contributed by atoms with Crippen molar-refractivity contribution in [1.82, 2.24) is 0 Å². The molecule has 0 aliphatic rings. The van der Waals surface area contributed by atoms with Crippen molar-refractivity contribution in [3.05, 3.63) is 78.0 Å². The molecule has 0 saturated carbocycles. The maximum absolute atomic E-state index is 12.3. The molecular formula is C20H20N4O3. The van der Waals surface area contributed by atoms with Crippen LogP contribution in [-0.2, 0) is 0 Å². The number of hydrogen-bond donors (Lipinski definition) is 3. The summed E-state index contributed by atoms with van der Waals surface area (Å²) in [5.74, 6) is 4.85. The lowest BCUT2D eigenvalue weighted by Crippen LogP contribution is -2.12. The Morgan fingerprint density at radius 2 is 2.11 bits per heavy atom. The minimum atomic E-state index is -0.351. The van der Waals surface area contributed by atoms with Crippen LogP contribution in [0.15, 0.2) is 77.0 Å². The number of carbonyl (C=O) groups excluding carboxylic acids is 1. The topological polar surface area (TPSA) is 109 Å². The highest BCUT2D eigenvalue weighted by molar-refractivity contribution is 6.05. The number of phenolic OH excluding ortho intramolecular Hbond substituents is 1. The SMILES string of the molecule is C=C(/C=C\C=N/N)/N=C/c1cccc(NC(=O)c2ccc(OC)c(O)c2)c1. The number of benzene rings is 2. The molecule has 0 aliphatic heterocycles. The minimum Gasteiger partial charge on any atom is -0.504 e. The van der Waals surface area contributed by atoms with Crippen molar-refractivity contribution in [2.45, 2.75) is 0 Å². The summed E-state index contributed by atoms with van der Waals surface area (Å²) >= 11 is 0. The van der Waals surface area contributed by atoms with Gasteiger partial charge in [-0.3, -0.25) is 9.79 Å². The van der Waals surface area contributed by atoms with Crippen LogP contribution in [0.4, 0.5) is 5.69 Å². The Hall–Kier alpha value is -3.87. The number of methoxy groups -OCH3 is 1. The van der Waals surface area contributed by atoms with Gasteiger partial charge in [-0.25, -0.2) is 0 Å². The fourth-order valence-corrected chi connectivity index (χ4v) is 2.14. The van der Waals surface area contributed by atoms with E-state index in [9.17, 15) is 9.90 Å². The Morgan fingerprint density at radius 1 is 1.30 bits per heavy atom. The molecule has 0 aliphatic carbocycles. The molecule has 0 bridgehead atoms. The molecule has 0 aromatic heterocycles. The lowest BCUT2D eigenvalue weighted by atomic mass is 10.1. The van der Waals surface area contributed by atoms with Crippen LogP contribution in [0.3, 0.4) is 0 Å². The maximum atomic E-state index is 12.3. The number of amides is 1. The number of nitrogens with zero attached hydrogens (tertiary/aromatic N) is 2. The minimum absolute atomic E-state index is 0.0997. The Morgan fingerprint density at radius 3 is 2.81 bits per heavy atom. The van der Waals surface area contributed by atoms with Gasteiger partial charge in [0.05, 0.1) is 12.8 Å². The van der Waals surface area contributed by atoms with E-state index >= 15 is 0 Å². The average molecular weight is 364 g/mol. The van der Waals surface area contributed by atoms with E-state index in [0.717, 1.165) is 5.56 Å². The zero-order valence-electron chi connectivity index (χ0n) is 14.8. The zero-order valence-corrected chi connectivity index (χ0v) is 14.8. The quantitative estimate of drug-likeness (QED) is 0.303. The second kappa shape index (κ2) is 9.57. The molecule has 1 amide bonds. The second-order valence-corrected chi connectivity index (χ2v) is 5.37. The van der Waals surface area contributed by atoms with Gasteiger partial charge < -0.3 is 21.0 Å². The summed E-state index contributed by atoms with van der Waals surface area (Å²) < 4.78 is 4.97. The number of nitrogens with one attached hydrogen (secondary N) is 1. The number of anilines is 1. The number of hydrazone groups is 1. The van der Waals surface area contributed by atoms with Crippen LogP contribution in [0.1, 0.15) is 15.9 Å². The van der Waals surface area contributed by atoms with Crippen LogP contribution in [0, 0.1) is 0 Å². The van der Waals surface area contributed by atoms with Gasteiger partial charge in [0.2, 0.25) is 0 Å². The number of carbonyl (C=O) groups is 1. The predicted molar refractivity (Wildman–Crippen MR) is 108 cm³/mol. The van der Waals surface area contributed by atoms with Crippen LogP contribution in [0.25, 0.3) is 0 Å². The van der Waals surface area contributed by atoms with Crippen LogP contribution >= 0.6 is 0 Å². The second-order valence-electron chi connectivity index (χ2n) is 5.37. The number of allylic oxidation sites excluding steroid dienone is 2. The van der Waals surface area contributed by atoms with E-state index in [4.69, 9.17) is 10.6 Å². The average Bonchev–Trinajstić information content (AvgIpc) is 2.67. The van der Waals surface area contributed by atoms with Gasteiger partial charge in [0.15, 0.2) is 11.5 Å². The Kier molecular flexibility index (Phi) is 6.90. The number of aliphatic imine (C=N–C) groups is 1. The smallest absolute Gasteiger partial charge is 0.255 e. The normalized spacial score (nSPS) is 11.3. The van der Waals surface area contributed by atoms with E-state index in [2.05, 4.69) is 22.0 Å². The van der Waals surface area contributed by atoms with Crippen molar-refractivity contribution in [1.29, 1.82) is 0 Å². The van der Waals surface area contributed by atoms with Crippen LogP contribution in [0.2, 0.25) is 0 Å². The number of phenols is 1. The lowest BCUT2D eigenvalue weighted by molar-refractivity contribution is 0.102. The maximum Gasteiger partial charge on any atom is 0.255 e. The highest BCUT2D eigenvalue weighted by atomic mass is 16.5. The van der Waals surface area contributed by atoms with E-state index in [0.29, 0.717) is 22.7 Å². The molecule has 0 unspecified atom stereocenters. The first-order valence-electron chi connectivity index (χ1n) is 7.95. The molecule has 27 heavy (non-hydrogen) atoms. The number of ether oxygens (including phenoxy) is 1. The molecule has 2 aromatic carbocycles. The monoisotopic (exact) mass is 364 g/mol. The van der Waals surface area contributed by atoms with Gasteiger partial charge in [-0.2, -0.15) is 5.10 Å². The first kappa shape index (κ1) is 19.5. The molecule has 138 valence electrons. The molecule has 0 spiro atoms. The molecule has 0 fully saturated rings. The first-order valence-corrected chi connectivity index (χ1v) is 7.95. The van der Waals surface area contributed by atoms with Crippen molar-refractivity contribution in [2.24, 2.45) is 15.9 Å². The third-order valence-electron chi connectivity index (χ3n) is 3.43. The number of aromatic hydroxyl groups is 1. The van der Waals surface area contributed by atoms with Crippen LogP contribution in [0.5, 0.6) is 11.5 Å². The van der Waals surface area contributed by atoms with Gasteiger partial charge in [-0.15, -0.1) is 0 Å². The summed E-state index contributed by atoms with van der Waals surface area (Å²) in [5.41, 5.74) is 2.22. The molecule has 0 radical (unpaired) electrons. The van der Waals surface area contributed by atoms with Crippen molar-refractivity contribution in [3.63, 3.8) is 0 Å². The van der Waals surface area contributed by atoms with Gasteiger partial charge in [0.1, 0.15) is 0 Å². The van der Waals surface area contributed by atoms with Crippen molar-refractivity contribution in [2.75, 3.05) is 12.4 Å². The highest BCUT2D eigenvalue weighted by Crippen LogP contribution is 2.26. The van der Waals surface area contributed by atoms with E-state index in [1.165, 1.54) is 25.5 Å². The number of nitrogens with two attached hydrogens (primary N) is 1. The van der Waals surface area contributed by atoms with Crippen LogP contribution in [-0.4, -0.2) is 30.6 Å². The third-order valence-corrected chi connectivity index (χ3v) is 3.43. The number of rotatable bonds is 7. The van der Waals surface area contributed by atoms with Crippen molar-refractivity contribution in [3.8, 4) is 11.5 Å². The molecule has 0 atom stereocenters. The van der Waals surface area contributed by atoms with Crippen LogP contribution < -0.4 is 15.9 Å². The highest BCUT2D eigenvalue weighted by Gasteiger charge is 2.10. The van der Waals surface area contributed by atoms with Gasteiger partial charge in [-0.1, -0.05) is 18.7 Å². The van der Waals surface area contributed by atoms with E-state index in [-0.39, 0.29) is 11.7 Å². The number of hydrogen-bond acceptors (Lipinski definition) is 6. The standard InChI is InChI=1S/C20H20N4O3/c1-14(5-4-10-23-21)22-13-15-6-3-7-17(11-15)24-20(26)16-8-9-19(27-2)18(25)12-16/h3-13,25H,1,21H2,2H3,(H,24,26)/b5-4-,22-13+,23-10-. The Balaban J connectivity index is 2.07. The summed E-state index contributed by atoms with van der Waals surface area (Å²) in [6, 6.07) is 11.6. The van der Waals surface area contributed by atoms with Gasteiger partial charge >= 0.3 is 0 Å². The molecule has 0 saturated heterocycles. The fraction of sp³-hybridized carbons (Fsp3) is 0.0500. The van der Waals surface area contributed by atoms with E-state index in [1.54, 1.807) is 42.6 Å². The first-order chi connectivity index (χ1) is 13.0. The molecule has 4 N–H and O–H groups in total. The molecule has 7 heteroatoms.